The second-order valence-electron chi connectivity index (χ2n) is 12.2. The summed E-state index contributed by atoms with van der Waals surface area (Å²) in [5.74, 6) is -8.23. The number of aliphatic carboxylic acids is 1. The van der Waals surface area contributed by atoms with Crippen molar-refractivity contribution in [3.8, 4) is 11.5 Å². The highest BCUT2D eigenvalue weighted by Gasteiger charge is 2.45. The fraction of sp³-hybridized carbons (Fsp3) is 0.351. The van der Waals surface area contributed by atoms with Crippen LogP contribution >= 0.6 is 11.6 Å². The largest absolute Gasteiger partial charge is 0.497 e. The number of alkyl halides is 3. The number of hydrogen-bond donors (Lipinski definition) is 3. The van der Waals surface area contributed by atoms with E-state index in [1.54, 1.807) is 24.3 Å². The first-order valence-corrected chi connectivity index (χ1v) is 16.5. The molecule has 52 heavy (non-hydrogen) atoms. The zero-order valence-electron chi connectivity index (χ0n) is 28.5. The Bertz CT molecular complexity index is 1760. The molecule has 3 aromatic rings. The molecule has 3 rings (SSSR count). The Hall–Kier alpha value is -5.24. The average Bonchev–Trinajstić information content (AvgIpc) is 3.09. The van der Waals surface area contributed by atoms with Gasteiger partial charge in [-0.25, -0.2) is 0 Å². The van der Waals surface area contributed by atoms with E-state index >= 15 is 0 Å². The smallest absolute Gasteiger partial charge is 0.450 e. The van der Waals surface area contributed by atoms with Crippen LogP contribution in [0.15, 0.2) is 72.8 Å². The minimum atomic E-state index is -5.18. The molecule has 0 heterocycles. The molecule has 3 aromatic carbocycles. The highest BCUT2D eigenvalue weighted by molar-refractivity contribution is 6.30. The maximum absolute atomic E-state index is 14.0. The molecule has 0 saturated carbocycles. The Morgan fingerprint density at radius 2 is 1.54 bits per heavy atom. The number of carboxylic acid groups (broad SMARTS) is 1. The molecule has 2 amide bonds. The minimum absolute atomic E-state index is 0.0209. The number of ether oxygens (including phenoxy) is 2. The number of rotatable bonds is 19. The number of hydrogen-bond acceptors (Lipinski definition) is 8. The first-order valence-electron chi connectivity index (χ1n) is 16.1. The van der Waals surface area contributed by atoms with Gasteiger partial charge in [0.2, 0.25) is 11.7 Å². The summed E-state index contributed by atoms with van der Waals surface area (Å²) in [6.45, 7) is 2.33. The predicted octanol–water partition coefficient (Wildman–Crippen LogP) is 5.72. The molecule has 3 N–H and O–H groups in total. The third-order valence-electron chi connectivity index (χ3n) is 7.96. The third-order valence-corrected chi connectivity index (χ3v) is 8.20. The summed E-state index contributed by atoms with van der Waals surface area (Å²) < 4.78 is 51.0. The average molecular weight is 747 g/mol. The number of amides is 2. The number of carbonyl (C=O) groups is 6. The molecule has 0 aliphatic heterocycles. The van der Waals surface area contributed by atoms with Crippen molar-refractivity contribution in [2.45, 2.75) is 57.8 Å². The number of carboxylic acids is 1. The van der Waals surface area contributed by atoms with E-state index in [0.717, 1.165) is 0 Å². The van der Waals surface area contributed by atoms with Gasteiger partial charge in [-0.1, -0.05) is 55.8 Å². The minimum Gasteiger partial charge on any atom is -0.497 e. The van der Waals surface area contributed by atoms with Crippen molar-refractivity contribution >= 4 is 46.7 Å². The van der Waals surface area contributed by atoms with Gasteiger partial charge in [-0.05, 0) is 59.5 Å². The van der Waals surface area contributed by atoms with E-state index in [1.165, 1.54) is 69.5 Å². The summed E-state index contributed by atoms with van der Waals surface area (Å²) in [5.41, 5.74) is 0.733. The van der Waals surface area contributed by atoms with Gasteiger partial charge in [0.25, 0.3) is 5.91 Å². The molecule has 3 atom stereocenters. The first-order chi connectivity index (χ1) is 24.5. The van der Waals surface area contributed by atoms with Gasteiger partial charge in [0.1, 0.15) is 30.2 Å². The molecule has 0 aliphatic rings. The second kappa shape index (κ2) is 18.8. The maximum Gasteiger partial charge on any atom is 0.450 e. The van der Waals surface area contributed by atoms with Gasteiger partial charge in [-0.3, -0.25) is 28.8 Å². The van der Waals surface area contributed by atoms with Crippen molar-refractivity contribution in [2.75, 3.05) is 13.7 Å². The topological polar surface area (TPSA) is 165 Å². The van der Waals surface area contributed by atoms with Crippen molar-refractivity contribution in [2.24, 2.45) is 11.8 Å². The van der Waals surface area contributed by atoms with E-state index in [9.17, 15) is 41.9 Å². The first kappa shape index (κ1) is 41.2. The van der Waals surface area contributed by atoms with Crippen LogP contribution in [0.1, 0.15) is 60.6 Å². The van der Waals surface area contributed by atoms with Crippen LogP contribution in [0.25, 0.3) is 0 Å². The SMILES string of the molecule is COc1ccc([C@H](NC(=O)[C@H](Cc2cccc(Cl)c2)NC(=O)c2cccc(OCC(=O)CCC(=O)O)c2)C(=O)C[C@H](C(=O)C(F)(F)F)C(C)C)cc1. The lowest BCUT2D eigenvalue weighted by Gasteiger charge is -2.26. The zero-order valence-corrected chi connectivity index (χ0v) is 29.3. The molecule has 0 aromatic heterocycles. The van der Waals surface area contributed by atoms with Crippen molar-refractivity contribution in [1.82, 2.24) is 10.6 Å². The Kier molecular flexibility index (Phi) is 14.9. The Labute approximate surface area is 302 Å². The van der Waals surface area contributed by atoms with Crippen LogP contribution in [0, 0.1) is 11.8 Å². The fourth-order valence-electron chi connectivity index (χ4n) is 5.12. The van der Waals surface area contributed by atoms with Gasteiger partial charge in [0, 0.05) is 35.8 Å². The summed E-state index contributed by atoms with van der Waals surface area (Å²) in [6, 6.07) is 15.1. The maximum atomic E-state index is 14.0. The number of benzene rings is 3. The number of Topliss-reactive ketones (excluding diaryl/α,β-unsaturated/α-hetero) is 3. The predicted molar refractivity (Wildman–Crippen MR) is 183 cm³/mol. The summed E-state index contributed by atoms with van der Waals surface area (Å²) in [5, 5.41) is 14.3. The number of halogens is 4. The lowest BCUT2D eigenvalue weighted by Crippen LogP contribution is -2.50. The Morgan fingerprint density at radius 1 is 0.865 bits per heavy atom. The quantitative estimate of drug-likeness (QED) is 0.139. The summed E-state index contributed by atoms with van der Waals surface area (Å²) in [4.78, 5) is 76.2. The van der Waals surface area contributed by atoms with Gasteiger partial charge in [-0.15, -0.1) is 0 Å². The van der Waals surface area contributed by atoms with Gasteiger partial charge in [0.05, 0.1) is 13.5 Å². The van der Waals surface area contributed by atoms with Crippen LogP contribution in [0.4, 0.5) is 13.2 Å². The molecule has 278 valence electrons. The molecule has 0 radical (unpaired) electrons. The molecule has 0 unspecified atom stereocenters. The molecule has 0 fully saturated rings. The van der Waals surface area contributed by atoms with Crippen LogP contribution in [-0.2, 0) is 30.4 Å². The normalized spacial score (nSPS) is 13.0. The van der Waals surface area contributed by atoms with Gasteiger partial charge in [-0.2, -0.15) is 13.2 Å². The van der Waals surface area contributed by atoms with Crippen LogP contribution in [0.3, 0.4) is 0 Å². The molecule has 15 heteroatoms. The molecular weight excluding hydrogens is 709 g/mol. The monoisotopic (exact) mass is 746 g/mol. The standard InChI is InChI=1S/C37H38ClF3N2O9/c1-21(2)29(34(48)37(39,40)41)19-31(45)33(23-10-13-27(51-3)14-11-23)43-36(50)30(17-22-6-4-8-25(38)16-22)42-35(49)24-7-5-9-28(18-24)52-20-26(44)12-15-32(46)47/h4-11,13-14,16,18,21,29-30,33H,12,15,17,19-20H2,1-3H3,(H,42,49)(H,43,50)(H,46,47)/t29-,30-,33-/m0/s1. The van der Waals surface area contributed by atoms with E-state index in [4.69, 9.17) is 26.2 Å². The van der Waals surface area contributed by atoms with Crippen molar-refractivity contribution in [3.05, 3.63) is 94.5 Å². The lowest BCUT2D eigenvalue weighted by molar-refractivity contribution is -0.177. The van der Waals surface area contributed by atoms with Crippen LogP contribution < -0.4 is 20.1 Å². The summed E-state index contributed by atoms with van der Waals surface area (Å²) in [7, 11) is 1.41. The number of carbonyl (C=O) groups excluding carboxylic acids is 5. The molecular formula is C37H38ClF3N2O9. The van der Waals surface area contributed by atoms with E-state index in [1.807, 2.05) is 0 Å². The number of nitrogens with one attached hydrogen (secondary N) is 2. The molecule has 0 aliphatic carbocycles. The van der Waals surface area contributed by atoms with Crippen molar-refractivity contribution in [1.29, 1.82) is 0 Å². The van der Waals surface area contributed by atoms with Gasteiger partial charge >= 0.3 is 12.1 Å². The van der Waals surface area contributed by atoms with Crippen LogP contribution in [0.2, 0.25) is 5.02 Å². The second-order valence-corrected chi connectivity index (χ2v) is 12.6. The lowest BCUT2D eigenvalue weighted by atomic mass is 9.84. The zero-order chi connectivity index (χ0) is 38.6. The number of methoxy groups -OCH3 is 1. The summed E-state index contributed by atoms with van der Waals surface area (Å²) in [6.07, 6.45) is -6.75. The van der Waals surface area contributed by atoms with E-state index in [-0.39, 0.29) is 36.1 Å². The Balaban J connectivity index is 1.92. The fourth-order valence-corrected chi connectivity index (χ4v) is 5.34. The third kappa shape index (κ3) is 12.5. The van der Waals surface area contributed by atoms with Gasteiger partial charge < -0.3 is 25.2 Å². The highest BCUT2D eigenvalue weighted by atomic mass is 35.5. The molecule has 0 bridgehead atoms. The van der Waals surface area contributed by atoms with Crippen molar-refractivity contribution < 1.29 is 56.5 Å². The van der Waals surface area contributed by atoms with Crippen LogP contribution in [-0.4, -0.2) is 66.2 Å². The van der Waals surface area contributed by atoms with E-state index in [2.05, 4.69) is 10.6 Å². The number of ketones is 3. The van der Waals surface area contributed by atoms with E-state index in [0.29, 0.717) is 16.3 Å². The molecule has 0 spiro atoms. The van der Waals surface area contributed by atoms with Crippen molar-refractivity contribution in [3.63, 3.8) is 0 Å². The van der Waals surface area contributed by atoms with Gasteiger partial charge in [0.15, 0.2) is 11.6 Å². The Morgan fingerprint density at radius 3 is 2.13 bits per heavy atom. The molecule has 0 saturated heterocycles. The highest BCUT2D eigenvalue weighted by Crippen LogP contribution is 2.30. The van der Waals surface area contributed by atoms with E-state index < -0.39 is 78.3 Å². The summed E-state index contributed by atoms with van der Waals surface area (Å²) >= 11 is 6.16. The van der Waals surface area contributed by atoms with Crippen LogP contribution in [0.5, 0.6) is 11.5 Å². The molecule has 11 nitrogen and oxygen atoms in total.